The van der Waals surface area contributed by atoms with Gasteiger partial charge in [-0.1, -0.05) is 12.1 Å². The first-order chi connectivity index (χ1) is 9.22. The Morgan fingerprint density at radius 1 is 1.21 bits per heavy atom. The van der Waals surface area contributed by atoms with Gasteiger partial charge in [0.1, 0.15) is 6.61 Å². The molecule has 0 saturated heterocycles. The van der Waals surface area contributed by atoms with Crippen LogP contribution < -0.4 is 5.73 Å². The van der Waals surface area contributed by atoms with E-state index in [1.807, 2.05) is 12.1 Å². The highest BCUT2D eigenvalue weighted by Gasteiger charge is 2.04. The molecule has 5 heteroatoms. The molecule has 0 aliphatic carbocycles. The van der Waals surface area contributed by atoms with Crippen LogP contribution in [0.25, 0.3) is 0 Å². The van der Waals surface area contributed by atoms with Crippen LogP contribution in [0.3, 0.4) is 0 Å². The average Bonchev–Trinajstić information content (AvgIpc) is 2.37. The summed E-state index contributed by atoms with van der Waals surface area (Å²) in [6, 6.07) is 7.21. The smallest absolute Gasteiger partial charge is 0.310 e. The molecule has 0 heterocycles. The van der Waals surface area contributed by atoms with Crippen molar-refractivity contribution in [3.63, 3.8) is 0 Å². The summed E-state index contributed by atoms with van der Waals surface area (Å²) in [4.78, 5) is 11.5. The number of esters is 1. The molecule has 2 N–H and O–H groups in total. The fourth-order valence-electron chi connectivity index (χ4n) is 1.54. The molecule has 0 aromatic heterocycles. The largest absolute Gasteiger partial charge is 0.463 e. The number of methoxy groups -OCH3 is 1. The van der Waals surface area contributed by atoms with Gasteiger partial charge in [0.2, 0.25) is 0 Å². The molecule has 0 bridgehead atoms. The molecule has 106 valence electrons. The number of carbonyl (C=O) groups excluding carboxylic acids is 1. The molecule has 0 fully saturated rings. The van der Waals surface area contributed by atoms with Gasteiger partial charge in [-0.3, -0.25) is 4.79 Å². The first-order valence-electron chi connectivity index (χ1n) is 6.29. The van der Waals surface area contributed by atoms with Crippen molar-refractivity contribution in [1.82, 2.24) is 0 Å². The molecule has 19 heavy (non-hydrogen) atoms. The van der Waals surface area contributed by atoms with Crippen LogP contribution in [0.4, 0.5) is 5.69 Å². The standard InChI is InChI=1S/C14H21NO4/c1-17-6-3-7-18-8-9-19-14(16)11-12-4-2-5-13(15)10-12/h2,4-5,10H,3,6-9,11,15H2,1H3. The summed E-state index contributed by atoms with van der Waals surface area (Å²) in [5, 5.41) is 0. The maximum atomic E-state index is 11.5. The fourth-order valence-corrected chi connectivity index (χ4v) is 1.54. The van der Waals surface area contributed by atoms with Gasteiger partial charge in [0, 0.05) is 26.0 Å². The number of hydrogen-bond donors (Lipinski definition) is 1. The first kappa shape index (κ1) is 15.5. The number of hydrogen-bond acceptors (Lipinski definition) is 5. The van der Waals surface area contributed by atoms with Gasteiger partial charge in [-0.2, -0.15) is 0 Å². The van der Waals surface area contributed by atoms with E-state index in [4.69, 9.17) is 19.9 Å². The highest BCUT2D eigenvalue weighted by molar-refractivity contribution is 5.72. The molecular weight excluding hydrogens is 246 g/mol. The molecule has 1 aromatic rings. The minimum Gasteiger partial charge on any atom is -0.463 e. The molecule has 0 radical (unpaired) electrons. The van der Waals surface area contributed by atoms with Crippen LogP contribution in [0.1, 0.15) is 12.0 Å². The second kappa shape index (κ2) is 9.35. The van der Waals surface area contributed by atoms with Crippen LogP contribution in [-0.4, -0.2) is 39.5 Å². The van der Waals surface area contributed by atoms with Crippen molar-refractivity contribution in [3.8, 4) is 0 Å². The number of carbonyl (C=O) groups is 1. The molecule has 1 aromatic carbocycles. The van der Waals surface area contributed by atoms with Gasteiger partial charge >= 0.3 is 5.97 Å². The van der Waals surface area contributed by atoms with E-state index in [0.717, 1.165) is 12.0 Å². The minimum atomic E-state index is -0.272. The van der Waals surface area contributed by atoms with E-state index in [1.54, 1.807) is 19.2 Å². The Hall–Kier alpha value is -1.59. The van der Waals surface area contributed by atoms with E-state index in [-0.39, 0.29) is 19.0 Å². The highest BCUT2D eigenvalue weighted by atomic mass is 16.6. The zero-order valence-electron chi connectivity index (χ0n) is 11.3. The second-order valence-corrected chi connectivity index (χ2v) is 4.10. The summed E-state index contributed by atoms with van der Waals surface area (Å²) in [6.07, 6.45) is 1.07. The van der Waals surface area contributed by atoms with Gasteiger partial charge in [0.15, 0.2) is 0 Å². The Morgan fingerprint density at radius 3 is 2.79 bits per heavy atom. The number of nitrogens with two attached hydrogens (primary N) is 1. The lowest BCUT2D eigenvalue weighted by molar-refractivity contribution is -0.144. The average molecular weight is 267 g/mol. The maximum absolute atomic E-state index is 11.5. The highest BCUT2D eigenvalue weighted by Crippen LogP contribution is 2.07. The molecule has 0 spiro atoms. The molecule has 0 amide bonds. The van der Waals surface area contributed by atoms with Crippen LogP contribution >= 0.6 is 0 Å². The van der Waals surface area contributed by atoms with Crippen molar-refractivity contribution in [2.75, 3.05) is 39.3 Å². The summed E-state index contributed by atoms with van der Waals surface area (Å²) in [5.41, 5.74) is 7.13. The van der Waals surface area contributed by atoms with Crippen molar-refractivity contribution in [1.29, 1.82) is 0 Å². The lowest BCUT2D eigenvalue weighted by Crippen LogP contribution is -2.13. The number of ether oxygens (including phenoxy) is 3. The summed E-state index contributed by atoms with van der Waals surface area (Å²) >= 11 is 0. The van der Waals surface area contributed by atoms with Crippen molar-refractivity contribution in [2.24, 2.45) is 0 Å². The first-order valence-corrected chi connectivity index (χ1v) is 6.29. The van der Waals surface area contributed by atoms with Gasteiger partial charge in [-0.05, 0) is 24.1 Å². The van der Waals surface area contributed by atoms with Crippen molar-refractivity contribution in [2.45, 2.75) is 12.8 Å². The predicted octanol–water partition coefficient (Wildman–Crippen LogP) is 1.41. The molecule has 0 aliphatic heterocycles. The minimum absolute atomic E-state index is 0.231. The lowest BCUT2D eigenvalue weighted by atomic mass is 10.1. The van der Waals surface area contributed by atoms with Gasteiger partial charge in [0.25, 0.3) is 0 Å². The monoisotopic (exact) mass is 267 g/mol. The molecule has 0 unspecified atom stereocenters. The Kier molecular flexibility index (Phi) is 7.62. The van der Waals surface area contributed by atoms with Gasteiger partial charge < -0.3 is 19.9 Å². The van der Waals surface area contributed by atoms with E-state index < -0.39 is 0 Å². The van der Waals surface area contributed by atoms with Gasteiger partial charge in [-0.15, -0.1) is 0 Å². The van der Waals surface area contributed by atoms with E-state index in [1.165, 1.54) is 0 Å². The van der Waals surface area contributed by atoms with Crippen LogP contribution in [0.5, 0.6) is 0 Å². The van der Waals surface area contributed by atoms with Crippen LogP contribution in [0.2, 0.25) is 0 Å². The third-order valence-electron chi connectivity index (χ3n) is 2.43. The van der Waals surface area contributed by atoms with Crippen molar-refractivity contribution in [3.05, 3.63) is 29.8 Å². The van der Waals surface area contributed by atoms with E-state index in [2.05, 4.69) is 0 Å². The van der Waals surface area contributed by atoms with Crippen LogP contribution in [-0.2, 0) is 25.4 Å². The molecule has 0 atom stereocenters. The summed E-state index contributed by atoms with van der Waals surface area (Å²) in [6.45, 7) is 1.97. The number of rotatable bonds is 9. The van der Waals surface area contributed by atoms with E-state index >= 15 is 0 Å². The number of nitrogen functional groups attached to an aromatic ring is 1. The predicted molar refractivity (Wildman–Crippen MR) is 72.8 cm³/mol. The number of anilines is 1. The van der Waals surface area contributed by atoms with Crippen molar-refractivity contribution < 1.29 is 19.0 Å². The number of benzene rings is 1. The zero-order chi connectivity index (χ0) is 13.9. The summed E-state index contributed by atoms with van der Waals surface area (Å²) in [7, 11) is 1.65. The normalized spacial score (nSPS) is 10.4. The lowest BCUT2D eigenvalue weighted by Gasteiger charge is -2.06. The Bertz CT molecular complexity index is 381. The molecule has 0 saturated carbocycles. The molecule has 5 nitrogen and oxygen atoms in total. The fraction of sp³-hybridized carbons (Fsp3) is 0.500. The van der Waals surface area contributed by atoms with E-state index in [9.17, 15) is 4.79 Å². The summed E-state index contributed by atoms with van der Waals surface area (Å²) in [5.74, 6) is -0.272. The summed E-state index contributed by atoms with van der Waals surface area (Å²) < 4.78 is 15.2. The Labute approximate surface area is 113 Å². The van der Waals surface area contributed by atoms with Gasteiger partial charge in [-0.25, -0.2) is 0 Å². The van der Waals surface area contributed by atoms with Gasteiger partial charge in [0.05, 0.1) is 13.0 Å². The third kappa shape index (κ3) is 7.43. The van der Waals surface area contributed by atoms with E-state index in [0.29, 0.717) is 25.5 Å². The Morgan fingerprint density at radius 2 is 2.05 bits per heavy atom. The molecular formula is C14H21NO4. The SMILES string of the molecule is COCCCOCCOC(=O)Cc1cccc(N)c1. The topological polar surface area (TPSA) is 70.8 Å². The quantitative estimate of drug-likeness (QED) is 0.416. The molecule has 1 rings (SSSR count). The molecule has 0 aliphatic rings. The van der Waals surface area contributed by atoms with Crippen LogP contribution in [0, 0.1) is 0 Å². The second-order valence-electron chi connectivity index (χ2n) is 4.10. The Balaban J connectivity index is 2.08. The zero-order valence-corrected chi connectivity index (χ0v) is 11.3. The van der Waals surface area contributed by atoms with Crippen molar-refractivity contribution >= 4 is 11.7 Å². The third-order valence-corrected chi connectivity index (χ3v) is 2.43. The maximum Gasteiger partial charge on any atom is 0.310 e. The van der Waals surface area contributed by atoms with Crippen LogP contribution in [0.15, 0.2) is 24.3 Å².